The largest absolute Gasteiger partial charge is 0.491 e. The lowest BCUT2D eigenvalue weighted by atomic mass is 10.2. The van der Waals surface area contributed by atoms with E-state index in [1.807, 2.05) is 42.5 Å². The van der Waals surface area contributed by atoms with E-state index in [1.165, 1.54) is 0 Å². The summed E-state index contributed by atoms with van der Waals surface area (Å²) in [5.41, 5.74) is 7.06. The predicted molar refractivity (Wildman–Crippen MR) is 90.5 cm³/mol. The van der Waals surface area contributed by atoms with Gasteiger partial charge in [-0.2, -0.15) is 0 Å². The van der Waals surface area contributed by atoms with Crippen molar-refractivity contribution in [1.29, 1.82) is 0 Å². The molecule has 6 heteroatoms. The highest BCUT2D eigenvalue weighted by molar-refractivity contribution is 5.73. The van der Waals surface area contributed by atoms with Gasteiger partial charge in [0.05, 0.1) is 18.7 Å². The van der Waals surface area contributed by atoms with Crippen molar-refractivity contribution in [2.75, 3.05) is 25.1 Å². The Hall–Kier alpha value is -2.89. The van der Waals surface area contributed by atoms with Crippen LogP contribution in [0.1, 0.15) is 12.0 Å². The summed E-state index contributed by atoms with van der Waals surface area (Å²) in [6, 6.07) is 13.5. The Labute approximate surface area is 140 Å². The summed E-state index contributed by atoms with van der Waals surface area (Å²) >= 11 is 0. The molecule has 0 bridgehead atoms. The molecular formula is C18H20N2O4. The summed E-state index contributed by atoms with van der Waals surface area (Å²) in [4.78, 5) is 10.8. The van der Waals surface area contributed by atoms with E-state index in [9.17, 15) is 4.79 Å². The number of fused-ring (bicyclic) bond motifs is 1. The second-order valence-electron chi connectivity index (χ2n) is 5.39. The Kier molecular flexibility index (Phi) is 5.05. The molecule has 24 heavy (non-hydrogen) atoms. The molecule has 0 unspecified atom stereocenters. The molecule has 0 spiro atoms. The zero-order valence-corrected chi connectivity index (χ0v) is 13.3. The van der Waals surface area contributed by atoms with Crippen LogP contribution < -0.4 is 25.3 Å². The van der Waals surface area contributed by atoms with Crippen molar-refractivity contribution in [1.82, 2.24) is 0 Å². The smallest absolute Gasteiger partial charge is 0.220 e. The van der Waals surface area contributed by atoms with Gasteiger partial charge in [0, 0.05) is 6.54 Å². The summed E-state index contributed by atoms with van der Waals surface area (Å²) < 4.78 is 16.7. The van der Waals surface area contributed by atoms with Gasteiger partial charge in [-0.25, -0.2) is 0 Å². The standard InChI is InChI=1S/C18H20N2O4/c19-18(21)7-8-22-15-4-2-1-3-14(15)20-12-13-5-6-16-17(11-13)24-10-9-23-16/h1-6,11,20H,7-10,12H2,(H2,19,21). The third kappa shape index (κ3) is 4.10. The molecule has 0 aromatic heterocycles. The number of hydrogen-bond acceptors (Lipinski definition) is 5. The van der Waals surface area contributed by atoms with Crippen molar-refractivity contribution in [2.24, 2.45) is 5.73 Å². The van der Waals surface area contributed by atoms with Crippen molar-refractivity contribution in [3.05, 3.63) is 48.0 Å². The Balaban J connectivity index is 1.63. The number of anilines is 1. The second-order valence-corrected chi connectivity index (χ2v) is 5.39. The molecule has 1 aliphatic rings. The number of amides is 1. The minimum atomic E-state index is -0.378. The van der Waals surface area contributed by atoms with Crippen LogP contribution >= 0.6 is 0 Å². The Morgan fingerprint density at radius 2 is 1.92 bits per heavy atom. The molecule has 126 valence electrons. The van der Waals surface area contributed by atoms with Crippen LogP contribution in [-0.2, 0) is 11.3 Å². The summed E-state index contributed by atoms with van der Waals surface area (Å²) in [5.74, 6) is 1.86. The number of primary amides is 1. The Bertz CT molecular complexity index is 718. The van der Waals surface area contributed by atoms with E-state index in [-0.39, 0.29) is 18.9 Å². The van der Waals surface area contributed by atoms with Crippen LogP contribution in [0.4, 0.5) is 5.69 Å². The number of hydrogen-bond donors (Lipinski definition) is 2. The molecule has 0 atom stereocenters. The maximum absolute atomic E-state index is 10.8. The lowest BCUT2D eigenvalue weighted by Crippen LogP contribution is -2.15. The molecule has 0 radical (unpaired) electrons. The van der Waals surface area contributed by atoms with Gasteiger partial charge in [-0.1, -0.05) is 18.2 Å². The van der Waals surface area contributed by atoms with Crippen molar-refractivity contribution < 1.29 is 19.0 Å². The minimum Gasteiger partial charge on any atom is -0.491 e. The molecule has 0 aliphatic carbocycles. The maximum Gasteiger partial charge on any atom is 0.220 e. The third-order valence-electron chi connectivity index (χ3n) is 3.58. The lowest BCUT2D eigenvalue weighted by molar-refractivity contribution is -0.118. The normalized spacial score (nSPS) is 12.5. The van der Waals surface area contributed by atoms with Crippen LogP contribution in [-0.4, -0.2) is 25.7 Å². The number of rotatable bonds is 7. The van der Waals surface area contributed by atoms with Crippen LogP contribution in [0.5, 0.6) is 17.2 Å². The average Bonchev–Trinajstić information content (AvgIpc) is 2.60. The summed E-state index contributed by atoms with van der Waals surface area (Å²) in [5, 5.41) is 3.34. The quantitative estimate of drug-likeness (QED) is 0.815. The molecule has 1 amide bonds. The maximum atomic E-state index is 10.8. The molecule has 0 saturated carbocycles. The molecule has 3 rings (SSSR count). The topological polar surface area (TPSA) is 82.8 Å². The van der Waals surface area contributed by atoms with Crippen LogP contribution in [0.15, 0.2) is 42.5 Å². The van der Waals surface area contributed by atoms with Crippen LogP contribution in [0.2, 0.25) is 0 Å². The van der Waals surface area contributed by atoms with Gasteiger partial charge < -0.3 is 25.3 Å². The van der Waals surface area contributed by atoms with E-state index in [0.29, 0.717) is 25.5 Å². The van der Waals surface area contributed by atoms with E-state index in [1.54, 1.807) is 0 Å². The van der Waals surface area contributed by atoms with E-state index in [2.05, 4.69) is 5.32 Å². The first-order valence-corrected chi connectivity index (χ1v) is 7.85. The summed E-state index contributed by atoms with van der Waals surface area (Å²) in [6.07, 6.45) is 0.191. The van der Waals surface area contributed by atoms with Gasteiger partial charge in [0.2, 0.25) is 5.91 Å². The highest BCUT2D eigenvalue weighted by atomic mass is 16.6. The highest BCUT2D eigenvalue weighted by Crippen LogP contribution is 2.31. The number of carbonyl (C=O) groups is 1. The minimum absolute atomic E-state index is 0.191. The van der Waals surface area contributed by atoms with Gasteiger partial charge in [-0.3, -0.25) is 4.79 Å². The highest BCUT2D eigenvalue weighted by Gasteiger charge is 2.12. The molecule has 1 heterocycles. The van der Waals surface area contributed by atoms with E-state index >= 15 is 0 Å². The monoisotopic (exact) mass is 328 g/mol. The van der Waals surface area contributed by atoms with Crippen molar-refractivity contribution in [3.63, 3.8) is 0 Å². The number of ether oxygens (including phenoxy) is 3. The average molecular weight is 328 g/mol. The zero-order chi connectivity index (χ0) is 16.8. The van der Waals surface area contributed by atoms with Crippen LogP contribution in [0.25, 0.3) is 0 Å². The predicted octanol–water partition coefficient (Wildman–Crippen LogP) is 2.32. The van der Waals surface area contributed by atoms with Crippen molar-refractivity contribution in [3.8, 4) is 17.2 Å². The molecule has 0 fully saturated rings. The first kappa shape index (κ1) is 16.0. The number of nitrogens with one attached hydrogen (secondary N) is 1. The van der Waals surface area contributed by atoms with Gasteiger partial charge in [-0.15, -0.1) is 0 Å². The van der Waals surface area contributed by atoms with Crippen LogP contribution in [0, 0.1) is 0 Å². The number of nitrogens with two attached hydrogens (primary N) is 1. The second kappa shape index (κ2) is 7.59. The fraction of sp³-hybridized carbons (Fsp3) is 0.278. The van der Waals surface area contributed by atoms with E-state index < -0.39 is 0 Å². The third-order valence-corrected chi connectivity index (χ3v) is 3.58. The molecule has 6 nitrogen and oxygen atoms in total. The SMILES string of the molecule is NC(=O)CCOc1ccccc1NCc1ccc2c(c1)OCCO2. The van der Waals surface area contributed by atoms with E-state index in [0.717, 1.165) is 22.7 Å². The molecule has 0 saturated heterocycles. The number of benzene rings is 2. The first-order chi connectivity index (χ1) is 11.7. The lowest BCUT2D eigenvalue weighted by Gasteiger charge is -2.19. The molecule has 2 aromatic carbocycles. The summed E-state index contributed by atoms with van der Waals surface area (Å²) in [6.45, 7) is 2.03. The first-order valence-electron chi connectivity index (χ1n) is 7.85. The van der Waals surface area contributed by atoms with E-state index in [4.69, 9.17) is 19.9 Å². The van der Waals surface area contributed by atoms with Gasteiger partial charge in [-0.05, 0) is 29.8 Å². The van der Waals surface area contributed by atoms with Gasteiger partial charge in [0.1, 0.15) is 19.0 Å². The number of para-hydroxylation sites is 2. The fourth-order valence-corrected chi connectivity index (χ4v) is 2.40. The zero-order valence-electron chi connectivity index (χ0n) is 13.3. The fourth-order valence-electron chi connectivity index (χ4n) is 2.40. The van der Waals surface area contributed by atoms with Crippen molar-refractivity contribution >= 4 is 11.6 Å². The molecular weight excluding hydrogens is 308 g/mol. The Morgan fingerprint density at radius 1 is 1.12 bits per heavy atom. The Morgan fingerprint density at radius 3 is 2.75 bits per heavy atom. The molecule has 1 aliphatic heterocycles. The molecule has 3 N–H and O–H groups in total. The summed E-state index contributed by atoms with van der Waals surface area (Å²) in [7, 11) is 0. The molecule has 2 aromatic rings. The van der Waals surface area contributed by atoms with Crippen molar-refractivity contribution in [2.45, 2.75) is 13.0 Å². The van der Waals surface area contributed by atoms with Crippen LogP contribution in [0.3, 0.4) is 0 Å². The number of carbonyl (C=O) groups excluding carboxylic acids is 1. The van der Waals surface area contributed by atoms with Gasteiger partial charge in [0.15, 0.2) is 11.5 Å². The van der Waals surface area contributed by atoms with Gasteiger partial charge in [0.25, 0.3) is 0 Å². The van der Waals surface area contributed by atoms with Gasteiger partial charge >= 0.3 is 0 Å².